The number of anilines is 1. The van der Waals surface area contributed by atoms with Gasteiger partial charge in [-0.3, -0.25) is 14.9 Å². The molecule has 2 aromatic carbocycles. The molecule has 0 fully saturated rings. The molecular weight excluding hydrogens is 469 g/mol. The van der Waals surface area contributed by atoms with Crippen molar-refractivity contribution >= 4 is 58.1 Å². The SMILES string of the molecule is O=C(OC(C(=O)Nc1ccc([N+](=O)[O-])cc1Cl)c1ccccc1)c1cnc(Cl)c(Cl)c1. The van der Waals surface area contributed by atoms with E-state index in [2.05, 4.69) is 10.3 Å². The fourth-order valence-corrected chi connectivity index (χ4v) is 3.02. The molecule has 1 aromatic heterocycles. The minimum atomic E-state index is -1.35. The zero-order chi connectivity index (χ0) is 22.5. The number of nitro groups is 1. The Bertz CT molecular complexity index is 1160. The lowest BCUT2D eigenvalue weighted by Crippen LogP contribution is -2.26. The Morgan fingerprint density at radius 1 is 1.03 bits per heavy atom. The Morgan fingerprint density at radius 3 is 2.35 bits per heavy atom. The molecule has 3 rings (SSSR count). The van der Waals surface area contributed by atoms with Gasteiger partial charge in [-0.2, -0.15) is 0 Å². The van der Waals surface area contributed by atoms with Gasteiger partial charge in [0.15, 0.2) is 0 Å². The fourth-order valence-electron chi connectivity index (χ4n) is 2.53. The molecule has 8 nitrogen and oxygen atoms in total. The Balaban J connectivity index is 1.87. The molecule has 0 aliphatic heterocycles. The molecule has 31 heavy (non-hydrogen) atoms. The molecule has 3 aromatic rings. The number of non-ortho nitro benzene ring substituents is 1. The van der Waals surface area contributed by atoms with Crippen LogP contribution >= 0.6 is 34.8 Å². The standard InChI is InChI=1S/C20H12Cl3N3O5/c21-14-9-13(26(29)30)6-7-16(14)25-19(27)17(11-4-2-1-3-5-11)31-20(28)12-8-15(22)18(23)24-10-12/h1-10,17H,(H,25,27). The zero-order valence-electron chi connectivity index (χ0n) is 15.4. The predicted octanol–water partition coefficient (Wildman–Crippen LogP) is 5.49. The molecule has 11 heteroatoms. The summed E-state index contributed by atoms with van der Waals surface area (Å²) >= 11 is 17.7. The number of nitro benzene ring substituents is 1. The van der Waals surface area contributed by atoms with Gasteiger partial charge >= 0.3 is 5.97 Å². The number of ether oxygens (including phenoxy) is 1. The van der Waals surface area contributed by atoms with Gasteiger partial charge in [0.1, 0.15) is 5.15 Å². The fraction of sp³-hybridized carbons (Fsp3) is 0.0500. The van der Waals surface area contributed by atoms with Gasteiger partial charge in [0, 0.05) is 23.9 Å². The molecule has 0 bridgehead atoms. The summed E-state index contributed by atoms with van der Waals surface area (Å²) < 4.78 is 5.41. The molecule has 1 N–H and O–H groups in total. The molecule has 1 unspecified atom stereocenters. The lowest BCUT2D eigenvalue weighted by atomic mass is 10.1. The Hall–Kier alpha value is -3.20. The zero-order valence-corrected chi connectivity index (χ0v) is 17.7. The number of hydrogen-bond donors (Lipinski definition) is 1. The number of halogens is 3. The van der Waals surface area contributed by atoms with Gasteiger partial charge in [-0.05, 0) is 12.1 Å². The maximum absolute atomic E-state index is 12.9. The van der Waals surface area contributed by atoms with Crippen LogP contribution < -0.4 is 5.32 Å². The molecule has 158 valence electrons. The second kappa shape index (κ2) is 9.74. The van der Waals surface area contributed by atoms with Crippen LogP contribution in [0.25, 0.3) is 0 Å². The van der Waals surface area contributed by atoms with Gasteiger partial charge in [-0.1, -0.05) is 65.1 Å². The normalized spacial score (nSPS) is 11.5. The van der Waals surface area contributed by atoms with Crippen LogP contribution in [-0.2, 0) is 9.53 Å². The number of nitrogens with zero attached hydrogens (tertiary/aromatic N) is 2. The molecule has 0 radical (unpaired) electrons. The maximum atomic E-state index is 12.9. The summed E-state index contributed by atoms with van der Waals surface area (Å²) in [5.41, 5.74) is 0.266. The van der Waals surface area contributed by atoms with Crippen LogP contribution in [0.3, 0.4) is 0 Å². The van der Waals surface area contributed by atoms with Gasteiger partial charge in [0.25, 0.3) is 11.6 Å². The summed E-state index contributed by atoms with van der Waals surface area (Å²) in [5, 5.41) is 13.4. The van der Waals surface area contributed by atoms with Crippen LogP contribution in [0.2, 0.25) is 15.2 Å². The third-order valence-electron chi connectivity index (χ3n) is 4.02. The van der Waals surface area contributed by atoms with Crippen molar-refractivity contribution in [2.75, 3.05) is 5.32 Å². The first-order chi connectivity index (χ1) is 14.8. The second-order valence-corrected chi connectivity index (χ2v) is 7.28. The van der Waals surface area contributed by atoms with Crippen LogP contribution in [0.15, 0.2) is 60.8 Å². The van der Waals surface area contributed by atoms with E-state index >= 15 is 0 Å². The summed E-state index contributed by atoms with van der Waals surface area (Å²) in [7, 11) is 0. The number of carbonyl (C=O) groups excluding carboxylic acids is 2. The average molecular weight is 481 g/mol. The summed E-state index contributed by atoms with van der Waals surface area (Å²) in [5.74, 6) is -1.58. The van der Waals surface area contributed by atoms with E-state index in [-0.39, 0.29) is 32.1 Å². The number of pyridine rings is 1. The quantitative estimate of drug-likeness (QED) is 0.216. The molecule has 0 aliphatic carbocycles. The van der Waals surface area contributed by atoms with Crippen LogP contribution in [0.1, 0.15) is 22.0 Å². The number of carbonyl (C=O) groups is 2. The van der Waals surface area contributed by atoms with E-state index in [9.17, 15) is 19.7 Å². The smallest absolute Gasteiger partial charge is 0.340 e. The van der Waals surface area contributed by atoms with Gasteiger partial charge in [0.05, 0.1) is 26.2 Å². The highest BCUT2D eigenvalue weighted by Gasteiger charge is 2.27. The van der Waals surface area contributed by atoms with E-state index in [4.69, 9.17) is 39.5 Å². The Labute approximate surface area is 190 Å². The second-order valence-electron chi connectivity index (χ2n) is 6.10. The van der Waals surface area contributed by atoms with E-state index in [0.29, 0.717) is 5.56 Å². The topological polar surface area (TPSA) is 111 Å². The van der Waals surface area contributed by atoms with Gasteiger partial charge in [-0.15, -0.1) is 0 Å². The van der Waals surface area contributed by atoms with E-state index in [1.807, 2.05) is 0 Å². The molecule has 1 atom stereocenters. The largest absolute Gasteiger partial charge is 0.444 e. The van der Waals surface area contributed by atoms with E-state index in [1.54, 1.807) is 30.3 Å². The van der Waals surface area contributed by atoms with Gasteiger partial charge < -0.3 is 10.1 Å². The highest BCUT2D eigenvalue weighted by atomic mass is 35.5. The molecule has 0 spiro atoms. The number of rotatable bonds is 6. The summed E-state index contributed by atoms with van der Waals surface area (Å²) in [6.07, 6.45) is -0.182. The summed E-state index contributed by atoms with van der Waals surface area (Å²) in [6.45, 7) is 0. The highest BCUT2D eigenvalue weighted by Crippen LogP contribution is 2.29. The van der Waals surface area contributed by atoms with Crippen molar-refractivity contribution in [2.24, 2.45) is 0 Å². The van der Waals surface area contributed by atoms with Crippen molar-refractivity contribution in [3.63, 3.8) is 0 Å². The lowest BCUT2D eigenvalue weighted by molar-refractivity contribution is -0.384. The first-order valence-corrected chi connectivity index (χ1v) is 9.71. The van der Waals surface area contributed by atoms with Crippen LogP contribution in [-0.4, -0.2) is 21.8 Å². The lowest BCUT2D eigenvalue weighted by Gasteiger charge is -2.18. The van der Waals surface area contributed by atoms with Crippen molar-refractivity contribution in [3.05, 3.63) is 97.2 Å². The first kappa shape index (κ1) is 22.5. The number of amides is 1. The van der Waals surface area contributed by atoms with Crippen molar-refractivity contribution < 1.29 is 19.2 Å². The number of hydrogen-bond acceptors (Lipinski definition) is 6. The molecule has 0 saturated carbocycles. The molecule has 0 saturated heterocycles. The van der Waals surface area contributed by atoms with Crippen LogP contribution in [0.5, 0.6) is 0 Å². The number of benzene rings is 2. The predicted molar refractivity (Wildman–Crippen MR) is 116 cm³/mol. The number of aromatic nitrogens is 1. The maximum Gasteiger partial charge on any atom is 0.340 e. The molecular formula is C20H12Cl3N3O5. The number of nitrogens with one attached hydrogen (secondary N) is 1. The minimum absolute atomic E-state index is 0.00324. The van der Waals surface area contributed by atoms with Crippen LogP contribution in [0.4, 0.5) is 11.4 Å². The first-order valence-electron chi connectivity index (χ1n) is 8.58. The Morgan fingerprint density at radius 2 is 1.74 bits per heavy atom. The summed E-state index contributed by atoms with van der Waals surface area (Å²) in [4.78, 5) is 39.6. The molecule has 1 amide bonds. The van der Waals surface area contributed by atoms with E-state index in [0.717, 1.165) is 6.07 Å². The number of esters is 1. The highest BCUT2D eigenvalue weighted by molar-refractivity contribution is 6.41. The average Bonchev–Trinajstić information content (AvgIpc) is 2.75. The van der Waals surface area contributed by atoms with E-state index in [1.165, 1.54) is 24.4 Å². The van der Waals surface area contributed by atoms with Crippen molar-refractivity contribution in [3.8, 4) is 0 Å². The third-order valence-corrected chi connectivity index (χ3v) is 5.02. The van der Waals surface area contributed by atoms with Crippen molar-refractivity contribution in [1.29, 1.82) is 0 Å². The minimum Gasteiger partial charge on any atom is -0.444 e. The molecule has 1 heterocycles. The van der Waals surface area contributed by atoms with Gasteiger partial charge in [0.2, 0.25) is 6.10 Å². The van der Waals surface area contributed by atoms with Crippen molar-refractivity contribution in [2.45, 2.75) is 6.10 Å². The third kappa shape index (κ3) is 5.49. The Kier molecular flexibility index (Phi) is 7.06. The van der Waals surface area contributed by atoms with Crippen LogP contribution in [0, 0.1) is 10.1 Å². The van der Waals surface area contributed by atoms with Crippen molar-refractivity contribution in [1.82, 2.24) is 4.98 Å². The monoisotopic (exact) mass is 479 g/mol. The van der Waals surface area contributed by atoms with E-state index < -0.39 is 22.9 Å². The molecule has 0 aliphatic rings. The summed E-state index contributed by atoms with van der Waals surface area (Å²) in [6, 6.07) is 13.1. The van der Waals surface area contributed by atoms with Gasteiger partial charge in [-0.25, -0.2) is 9.78 Å².